The van der Waals surface area contributed by atoms with E-state index in [1.54, 1.807) is 0 Å². The highest BCUT2D eigenvalue weighted by molar-refractivity contribution is 5.55. The average molecular weight is 212 g/mol. The van der Waals surface area contributed by atoms with Crippen molar-refractivity contribution < 1.29 is 19.0 Å². The van der Waals surface area contributed by atoms with Gasteiger partial charge in [0, 0.05) is 12.0 Å². The van der Waals surface area contributed by atoms with E-state index in [-0.39, 0.29) is 11.7 Å². The zero-order valence-electron chi connectivity index (χ0n) is 8.66. The molecule has 3 nitrogen and oxygen atoms in total. The van der Waals surface area contributed by atoms with E-state index in [4.69, 9.17) is 4.74 Å². The molecule has 1 aromatic carbocycles. The summed E-state index contributed by atoms with van der Waals surface area (Å²) < 4.78 is 17.9. The SMILES string of the molecule is COc1c(C(C)CC=O)ccc(F)c1O. The molecule has 0 fully saturated rings. The van der Waals surface area contributed by atoms with E-state index < -0.39 is 11.6 Å². The number of carbonyl (C=O) groups excluding carboxylic acids is 1. The molecule has 0 amide bonds. The first-order valence-electron chi connectivity index (χ1n) is 4.60. The Kier molecular flexibility index (Phi) is 3.66. The fourth-order valence-electron chi connectivity index (χ4n) is 1.44. The van der Waals surface area contributed by atoms with Gasteiger partial charge >= 0.3 is 0 Å². The van der Waals surface area contributed by atoms with Crippen LogP contribution >= 0.6 is 0 Å². The lowest BCUT2D eigenvalue weighted by atomic mass is 9.97. The number of ether oxygens (including phenoxy) is 1. The van der Waals surface area contributed by atoms with Crippen molar-refractivity contribution in [1.82, 2.24) is 0 Å². The van der Waals surface area contributed by atoms with Crippen LogP contribution in [0.25, 0.3) is 0 Å². The van der Waals surface area contributed by atoms with E-state index in [0.717, 1.165) is 12.4 Å². The number of halogens is 1. The van der Waals surface area contributed by atoms with Gasteiger partial charge in [-0.2, -0.15) is 0 Å². The van der Waals surface area contributed by atoms with Crippen LogP contribution in [0.15, 0.2) is 12.1 Å². The Bertz CT molecular complexity index is 363. The fraction of sp³-hybridized carbons (Fsp3) is 0.364. The molecule has 82 valence electrons. The summed E-state index contributed by atoms with van der Waals surface area (Å²) in [5.74, 6) is -1.24. The van der Waals surface area contributed by atoms with Gasteiger partial charge in [0.2, 0.25) is 0 Å². The van der Waals surface area contributed by atoms with E-state index in [0.29, 0.717) is 12.0 Å². The van der Waals surface area contributed by atoms with Crippen molar-refractivity contribution in [1.29, 1.82) is 0 Å². The maximum absolute atomic E-state index is 13.0. The topological polar surface area (TPSA) is 46.5 Å². The molecule has 1 rings (SSSR count). The van der Waals surface area contributed by atoms with Gasteiger partial charge in [-0.05, 0) is 12.0 Å². The van der Waals surface area contributed by atoms with E-state index in [1.165, 1.54) is 13.2 Å². The van der Waals surface area contributed by atoms with Crippen molar-refractivity contribution in [2.75, 3.05) is 7.11 Å². The zero-order valence-corrected chi connectivity index (χ0v) is 8.66. The van der Waals surface area contributed by atoms with Crippen molar-refractivity contribution >= 4 is 6.29 Å². The van der Waals surface area contributed by atoms with Gasteiger partial charge in [0.25, 0.3) is 0 Å². The van der Waals surface area contributed by atoms with Crippen molar-refractivity contribution in [3.63, 3.8) is 0 Å². The Morgan fingerprint density at radius 3 is 2.80 bits per heavy atom. The Morgan fingerprint density at radius 1 is 1.60 bits per heavy atom. The molecule has 0 aromatic heterocycles. The molecule has 0 aliphatic rings. The number of benzene rings is 1. The van der Waals surface area contributed by atoms with Crippen molar-refractivity contribution in [3.05, 3.63) is 23.5 Å². The Labute approximate surface area is 87.5 Å². The first kappa shape index (κ1) is 11.5. The molecule has 4 heteroatoms. The number of phenolic OH excluding ortho intramolecular Hbond substituents is 1. The molecule has 0 spiro atoms. The van der Waals surface area contributed by atoms with Gasteiger partial charge in [0.1, 0.15) is 6.29 Å². The summed E-state index contributed by atoms with van der Waals surface area (Å²) in [6.45, 7) is 1.81. The predicted molar refractivity (Wildman–Crippen MR) is 53.7 cm³/mol. The lowest BCUT2D eigenvalue weighted by molar-refractivity contribution is -0.108. The van der Waals surface area contributed by atoms with Gasteiger partial charge in [0.15, 0.2) is 17.3 Å². The second-order valence-corrected chi connectivity index (χ2v) is 3.32. The second-order valence-electron chi connectivity index (χ2n) is 3.32. The van der Waals surface area contributed by atoms with Crippen molar-refractivity contribution in [2.45, 2.75) is 19.3 Å². The van der Waals surface area contributed by atoms with Gasteiger partial charge in [-0.1, -0.05) is 13.0 Å². The molecule has 1 unspecified atom stereocenters. The maximum Gasteiger partial charge on any atom is 0.194 e. The number of aromatic hydroxyl groups is 1. The minimum atomic E-state index is -0.728. The van der Waals surface area contributed by atoms with Crippen molar-refractivity contribution in [3.8, 4) is 11.5 Å². The summed E-state index contributed by atoms with van der Waals surface area (Å²) in [5, 5.41) is 9.41. The first-order valence-corrected chi connectivity index (χ1v) is 4.60. The number of rotatable bonds is 4. The largest absolute Gasteiger partial charge is 0.502 e. The summed E-state index contributed by atoms with van der Waals surface area (Å²) in [7, 11) is 1.35. The molecule has 0 bridgehead atoms. The Balaban J connectivity index is 3.17. The lowest BCUT2D eigenvalue weighted by Gasteiger charge is -2.14. The van der Waals surface area contributed by atoms with Crippen LogP contribution in [0.1, 0.15) is 24.8 Å². The van der Waals surface area contributed by atoms with E-state index in [1.807, 2.05) is 6.92 Å². The third-order valence-corrected chi connectivity index (χ3v) is 2.30. The van der Waals surface area contributed by atoms with Crippen LogP contribution < -0.4 is 4.74 Å². The third-order valence-electron chi connectivity index (χ3n) is 2.30. The van der Waals surface area contributed by atoms with Crippen LogP contribution in [-0.4, -0.2) is 18.5 Å². The number of hydrogen-bond donors (Lipinski definition) is 1. The number of hydrogen-bond acceptors (Lipinski definition) is 3. The highest BCUT2D eigenvalue weighted by Gasteiger charge is 2.17. The molecule has 0 radical (unpaired) electrons. The molecule has 1 atom stereocenters. The van der Waals surface area contributed by atoms with E-state index >= 15 is 0 Å². The smallest absolute Gasteiger partial charge is 0.194 e. The van der Waals surface area contributed by atoms with Gasteiger partial charge in [-0.15, -0.1) is 0 Å². The molecule has 0 aliphatic heterocycles. The normalized spacial score (nSPS) is 12.2. The summed E-state index contributed by atoms with van der Waals surface area (Å²) >= 11 is 0. The molecule has 1 aromatic rings. The van der Waals surface area contributed by atoms with Gasteiger partial charge in [-0.25, -0.2) is 4.39 Å². The highest BCUT2D eigenvalue weighted by atomic mass is 19.1. The maximum atomic E-state index is 13.0. The monoisotopic (exact) mass is 212 g/mol. The van der Waals surface area contributed by atoms with Gasteiger partial charge < -0.3 is 14.6 Å². The van der Waals surface area contributed by atoms with Gasteiger partial charge in [-0.3, -0.25) is 0 Å². The van der Waals surface area contributed by atoms with Crippen LogP contribution in [0.4, 0.5) is 4.39 Å². The molecule has 0 saturated heterocycles. The molecule has 15 heavy (non-hydrogen) atoms. The average Bonchev–Trinajstić information content (AvgIpc) is 2.22. The molecule has 1 N–H and O–H groups in total. The van der Waals surface area contributed by atoms with Crippen LogP contribution in [0.2, 0.25) is 0 Å². The molecule has 0 heterocycles. The summed E-state index contributed by atoms with van der Waals surface area (Å²) in [4.78, 5) is 10.4. The lowest BCUT2D eigenvalue weighted by Crippen LogP contribution is -1.99. The van der Waals surface area contributed by atoms with E-state index in [9.17, 15) is 14.3 Å². The summed E-state index contributed by atoms with van der Waals surface area (Å²) in [6, 6.07) is 2.68. The Morgan fingerprint density at radius 2 is 2.27 bits per heavy atom. The minimum Gasteiger partial charge on any atom is -0.502 e. The van der Waals surface area contributed by atoms with Crippen LogP contribution in [0.3, 0.4) is 0 Å². The quantitative estimate of drug-likeness (QED) is 0.778. The van der Waals surface area contributed by atoms with Gasteiger partial charge in [0.05, 0.1) is 7.11 Å². The van der Waals surface area contributed by atoms with Crippen LogP contribution in [-0.2, 0) is 4.79 Å². The zero-order chi connectivity index (χ0) is 11.4. The first-order chi connectivity index (χ1) is 7.11. The van der Waals surface area contributed by atoms with Crippen molar-refractivity contribution in [2.24, 2.45) is 0 Å². The van der Waals surface area contributed by atoms with E-state index in [2.05, 4.69) is 0 Å². The number of methoxy groups -OCH3 is 1. The number of aldehydes is 1. The van der Waals surface area contributed by atoms with Crippen LogP contribution in [0, 0.1) is 5.82 Å². The standard InChI is InChI=1S/C11H13FO3/c1-7(5-6-13)8-3-4-9(12)10(14)11(8)15-2/h3-4,6-7,14H,5H2,1-2H3. The Hall–Kier alpha value is -1.58. The summed E-state index contributed by atoms with van der Waals surface area (Å²) in [5.41, 5.74) is 0.628. The molecular weight excluding hydrogens is 199 g/mol. The fourth-order valence-corrected chi connectivity index (χ4v) is 1.44. The highest BCUT2D eigenvalue weighted by Crippen LogP contribution is 2.37. The number of phenols is 1. The predicted octanol–water partition coefficient (Wildman–Crippen LogP) is 2.23. The summed E-state index contributed by atoms with van der Waals surface area (Å²) in [6.07, 6.45) is 1.09. The molecule has 0 saturated carbocycles. The minimum absolute atomic E-state index is 0.101. The van der Waals surface area contributed by atoms with Crippen LogP contribution in [0.5, 0.6) is 11.5 Å². The second kappa shape index (κ2) is 4.77. The molecule has 0 aliphatic carbocycles. The number of carbonyl (C=O) groups is 1. The third kappa shape index (κ3) is 2.26. The molecular formula is C11H13FO3.